The lowest BCUT2D eigenvalue weighted by Gasteiger charge is -2.21. The first-order valence-electron chi connectivity index (χ1n) is 6.87. The van der Waals surface area contributed by atoms with Gasteiger partial charge < -0.3 is 9.57 Å². The molecule has 3 rings (SSSR count). The molecule has 22 heavy (non-hydrogen) atoms. The summed E-state index contributed by atoms with van der Waals surface area (Å²) in [6.07, 6.45) is 0.603. The number of oxime groups is 1. The van der Waals surface area contributed by atoms with E-state index in [1.165, 1.54) is 7.11 Å². The Morgan fingerprint density at radius 2 is 2.00 bits per heavy atom. The van der Waals surface area contributed by atoms with Gasteiger partial charge in [-0.2, -0.15) is 0 Å². The molecule has 0 bridgehead atoms. The highest BCUT2D eigenvalue weighted by Crippen LogP contribution is 2.30. The molecule has 112 valence electrons. The molecule has 4 nitrogen and oxygen atoms in total. The van der Waals surface area contributed by atoms with Crippen molar-refractivity contribution in [2.75, 3.05) is 13.7 Å². The summed E-state index contributed by atoms with van der Waals surface area (Å²) in [5, 5.41) is 4.63. The molecule has 0 saturated heterocycles. The summed E-state index contributed by atoms with van der Waals surface area (Å²) in [4.78, 5) is 17.7. The van der Waals surface area contributed by atoms with E-state index in [1.54, 1.807) is 36.4 Å². The Kier molecular flexibility index (Phi) is 4.11. The molecule has 0 unspecified atom stereocenters. The van der Waals surface area contributed by atoms with Gasteiger partial charge in [-0.15, -0.1) is 0 Å². The zero-order valence-corrected chi connectivity index (χ0v) is 12.8. The summed E-state index contributed by atoms with van der Waals surface area (Å²) in [5.41, 5.74) is 2.55. The van der Waals surface area contributed by atoms with Crippen LogP contribution >= 0.6 is 11.6 Å². The van der Waals surface area contributed by atoms with Crippen molar-refractivity contribution in [2.24, 2.45) is 5.16 Å². The number of ketones is 1. The average Bonchev–Trinajstić information content (AvgIpc) is 2.55. The highest BCUT2D eigenvalue weighted by molar-refractivity contribution is 6.30. The fraction of sp³-hybridized carbons (Fsp3) is 0.176. The summed E-state index contributed by atoms with van der Waals surface area (Å²) < 4.78 is 5.64. The fourth-order valence-corrected chi connectivity index (χ4v) is 2.61. The zero-order valence-electron chi connectivity index (χ0n) is 12.0. The van der Waals surface area contributed by atoms with E-state index in [0.717, 1.165) is 5.71 Å². The van der Waals surface area contributed by atoms with Crippen LogP contribution < -0.4 is 4.74 Å². The number of carbonyl (C=O) groups excluding carboxylic acids is 1. The molecule has 0 amide bonds. The standard InChI is InChI=1S/C17H14ClNO3/c1-21-19-14-9-10-22-15-4-2-3-13(16(14)15)17(20)11-5-7-12(18)8-6-11/h2-8H,9-10H2,1H3/b19-14+. The van der Waals surface area contributed by atoms with E-state index in [9.17, 15) is 4.79 Å². The van der Waals surface area contributed by atoms with Crippen LogP contribution in [0.25, 0.3) is 0 Å². The third-order valence-electron chi connectivity index (χ3n) is 3.46. The molecule has 0 saturated carbocycles. The number of benzene rings is 2. The number of ether oxygens (including phenoxy) is 1. The van der Waals surface area contributed by atoms with E-state index in [0.29, 0.717) is 40.5 Å². The van der Waals surface area contributed by atoms with E-state index in [4.69, 9.17) is 21.2 Å². The number of hydrogen-bond donors (Lipinski definition) is 0. The van der Waals surface area contributed by atoms with E-state index in [-0.39, 0.29) is 5.78 Å². The Balaban J connectivity index is 2.10. The number of halogens is 1. The number of fused-ring (bicyclic) bond motifs is 1. The van der Waals surface area contributed by atoms with Crippen LogP contribution in [-0.2, 0) is 4.84 Å². The molecule has 0 spiro atoms. The Morgan fingerprint density at radius 3 is 2.73 bits per heavy atom. The Hall–Kier alpha value is -2.33. The maximum atomic E-state index is 12.8. The second-order valence-electron chi connectivity index (χ2n) is 4.83. The van der Waals surface area contributed by atoms with E-state index in [2.05, 4.69) is 5.16 Å². The molecule has 0 aliphatic carbocycles. The van der Waals surface area contributed by atoms with Gasteiger partial charge in [0.2, 0.25) is 0 Å². The van der Waals surface area contributed by atoms with Crippen molar-refractivity contribution in [3.8, 4) is 5.75 Å². The Bertz CT molecular complexity index is 738. The number of nitrogens with zero attached hydrogens (tertiary/aromatic N) is 1. The molecular formula is C17H14ClNO3. The molecule has 0 atom stereocenters. The molecule has 2 aromatic rings. The van der Waals surface area contributed by atoms with Crippen LogP contribution in [0.1, 0.15) is 27.9 Å². The first-order valence-corrected chi connectivity index (χ1v) is 7.25. The zero-order chi connectivity index (χ0) is 15.5. The van der Waals surface area contributed by atoms with E-state index in [1.807, 2.05) is 6.07 Å². The van der Waals surface area contributed by atoms with Crippen molar-refractivity contribution in [3.05, 3.63) is 64.2 Å². The minimum Gasteiger partial charge on any atom is -0.492 e. The molecule has 0 aromatic heterocycles. The van der Waals surface area contributed by atoms with E-state index >= 15 is 0 Å². The lowest BCUT2D eigenvalue weighted by molar-refractivity contribution is 0.103. The van der Waals surface area contributed by atoms with Crippen molar-refractivity contribution in [1.29, 1.82) is 0 Å². The summed E-state index contributed by atoms with van der Waals surface area (Å²) in [7, 11) is 1.49. The predicted molar refractivity (Wildman–Crippen MR) is 85.0 cm³/mol. The molecule has 1 aliphatic rings. The van der Waals surface area contributed by atoms with Crippen molar-refractivity contribution in [3.63, 3.8) is 0 Å². The maximum absolute atomic E-state index is 12.8. The van der Waals surface area contributed by atoms with Gasteiger partial charge in [-0.3, -0.25) is 4.79 Å². The van der Waals surface area contributed by atoms with Gasteiger partial charge in [0.1, 0.15) is 12.9 Å². The van der Waals surface area contributed by atoms with Crippen molar-refractivity contribution < 1.29 is 14.4 Å². The molecule has 1 heterocycles. The SMILES string of the molecule is CO/N=C1\CCOc2cccc(C(=O)c3ccc(Cl)cc3)c21. The third kappa shape index (κ3) is 2.70. The third-order valence-corrected chi connectivity index (χ3v) is 3.72. The minimum absolute atomic E-state index is 0.0946. The van der Waals surface area contributed by atoms with Crippen LogP contribution in [0.2, 0.25) is 5.02 Å². The van der Waals surface area contributed by atoms with Gasteiger partial charge >= 0.3 is 0 Å². The van der Waals surface area contributed by atoms with Gasteiger partial charge in [0, 0.05) is 22.6 Å². The monoisotopic (exact) mass is 315 g/mol. The molecule has 2 aromatic carbocycles. The number of carbonyl (C=O) groups is 1. The van der Waals surface area contributed by atoms with E-state index < -0.39 is 0 Å². The topological polar surface area (TPSA) is 47.9 Å². The summed E-state index contributed by atoms with van der Waals surface area (Å²) in [5.74, 6) is 0.560. The van der Waals surface area contributed by atoms with Crippen LogP contribution in [-0.4, -0.2) is 25.2 Å². The normalized spacial score (nSPS) is 15.1. The second-order valence-corrected chi connectivity index (χ2v) is 5.27. The van der Waals surface area contributed by atoms with Gasteiger partial charge in [0.25, 0.3) is 0 Å². The second kappa shape index (κ2) is 6.20. The molecule has 0 N–H and O–H groups in total. The fourth-order valence-electron chi connectivity index (χ4n) is 2.48. The average molecular weight is 316 g/mol. The van der Waals surface area contributed by atoms with Crippen LogP contribution in [0.3, 0.4) is 0 Å². The highest BCUT2D eigenvalue weighted by Gasteiger charge is 2.24. The quantitative estimate of drug-likeness (QED) is 0.641. The lowest BCUT2D eigenvalue weighted by Crippen LogP contribution is -2.20. The Morgan fingerprint density at radius 1 is 1.23 bits per heavy atom. The highest BCUT2D eigenvalue weighted by atomic mass is 35.5. The van der Waals surface area contributed by atoms with Crippen molar-refractivity contribution in [2.45, 2.75) is 6.42 Å². The van der Waals surface area contributed by atoms with Crippen LogP contribution in [0.5, 0.6) is 5.75 Å². The summed E-state index contributed by atoms with van der Waals surface area (Å²) in [6, 6.07) is 12.2. The van der Waals surface area contributed by atoms with Gasteiger partial charge in [-0.25, -0.2) is 0 Å². The largest absolute Gasteiger partial charge is 0.492 e. The number of hydrogen-bond acceptors (Lipinski definition) is 4. The summed E-state index contributed by atoms with van der Waals surface area (Å²) >= 11 is 5.88. The summed E-state index contributed by atoms with van der Waals surface area (Å²) in [6.45, 7) is 0.522. The van der Waals surface area contributed by atoms with Crippen LogP contribution in [0, 0.1) is 0 Å². The predicted octanol–water partition coefficient (Wildman–Crippen LogP) is 3.70. The molecular weight excluding hydrogens is 302 g/mol. The van der Waals surface area contributed by atoms with Gasteiger partial charge in [0.15, 0.2) is 5.78 Å². The molecule has 1 aliphatic heterocycles. The van der Waals surface area contributed by atoms with Gasteiger partial charge in [-0.05, 0) is 30.3 Å². The molecule has 5 heteroatoms. The Labute approximate surface area is 133 Å². The smallest absolute Gasteiger partial charge is 0.193 e. The van der Waals surface area contributed by atoms with Crippen molar-refractivity contribution in [1.82, 2.24) is 0 Å². The van der Waals surface area contributed by atoms with Crippen molar-refractivity contribution >= 4 is 23.1 Å². The number of rotatable bonds is 3. The van der Waals surface area contributed by atoms with Gasteiger partial charge in [0.05, 0.1) is 17.9 Å². The first-order chi connectivity index (χ1) is 10.7. The van der Waals surface area contributed by atoms with Gasteiger partial charge in [-0.1, -0.05) is 28.9 Å². The van der Waals surface area contributed by atoms with Crippen LogP contribution in [0.15, 0.2) is 47.6 Å². The molecule has 0 radical (unpaired) electrons. The maximum Gasteiger partial charge on any atom is 0.193 e. The minimum atomic E-state index is -0.0946. The lowest BCUT2D eigenvalue weighted by atomic mass is 9.93. The van der Waals surface area contributed by atoms with Crippen LogP contribution in [0.4, 0.5) is 0 Å². The molecule has 0 fully saturated rings. The first kappa shape index (κ1) is 14.6.